The van der Waals surface area contributed by atoms with Crippen LogP contribution in [0, 0.1) is 6.92 Å². The second kappa shape index (κ2) is 8.12. The van der Waals surface area contributed by atoms with Gasteiger partial charge in [0.1, 0.15) is 0 Å². The van der Waals surface area contributed by atoms with E-state index < -0.39 is 5.97 Å². The van der Waals surface area contributed by atoms with Gasteiger partial charge in [0, 0.05) is 11.3 Å². The first kappa shape index (κ1) is 21.0. The van der Waals surface area contributed by atoms with E-state index in [2.05, 4.69) is 57.2 Å². The van der Waals surface area contributed by atoms with E-state index in [-0.39, 0.29) is 10.5 Å². The highest BCUT2D eigenvalue weighted by atomic mass is 32.1. The molecule has 1 aliphatic rings. The van der Waals surface area contributed by atoms with Crippen molar-refractivity contribution >= 4 is 34.5 Å². The van der Waals surface area contributed by atoms with E-state index in [0.717, 1.165) is 12.0 Å². The zero-order valence-corrected chi connectivity index (χ0v) is 18.8. The highest BCUT2D eigenvalue weighted by molar-refractivity contribution is 7.80. The number of aryl methyl sites for hydroxylation is 1. The van der Waals surface area contributed by atoms with E-state index >= 15 is 0 Å². The van der Waals surface area contributed by atoms with Crippen molar-refractivity contribution < 1.29 is 9.53 Å². The fraction of sp³-hybridized carbons (Fsp3) is 0.185. The molecule has 0 bridgehead atoms. The highest BCUT2D eigenvalue weighted by Crippen LogP contribution is 2.41. The third-order valence-corrected chi connectivity index (χ3v) is 6.14. The fourth-order valence-electron chi connectivity index (χ4n) is 3.95. The molecule has 3 aromatic rings. The summed E-state index contributed by atoms with van der Waals surface area (Å²) in [7, 11) is 0. The van der Waals surface area contributed by atoms with Crippen molar-refractivity contribution in [3.63, 3.8) is 0 Å². The number of hydrogen-bond donors (Lipinski definition) is 1. The summed E-state index contributed by atoms with van der Waals surface area (Å²) in [6.45, 7) is 6.56. The Morgan fingerprint density at radius 1 is 1.03 bits per heavy atom. The number of para-hydroxylation sites is 1. The normalized spacial score (nSPS) is 14.4. The first-order valence-corrected chi connectivity index (χ1v) is 10.7. The summed E-state index contributed by atoms with van der Waals surface area (Å²) in [5.74, 6) is -0.546. The smallest absolute Gasteiger partial charge is 0.346 e. The number of carbonyl (C=O) groups excluding carboxylic acids is 1. The van der Waals surface area contributed by atoms with Crippen LogP contribution in [0.15, 0.2) is 72.8 Å². The number of benzene rings is 3. The number of esters is 1. The molecule has 0 amide bonds. The molecule has 4 heteroatoms. The molecule has 0 unspecified atom stereocenters. The van der Waals surface area contributed by atoms with Crippen molar-refractivity contribution in [3.8, 4) is 0 Å². The van der Waals surface area contributed by atoms with Crippen LogP contribution in [0.2, 0.25) is 0 Å². The summed E-state index contributed by atoms with van der Waals surface area (Å²) in [6, 6.07) is 21.4. The molecule has 0 spiro atoms. The lowest BCUT2D eigenvalue weighted by atomic mass is 9.72. The van der Waals surface area contributed by atoms with Crippen LogP contribution in [0.1, 0.15) is 58.4 Å². The van der Waals surface area contributed by atoms with Crippen LogP contribution in [0.4, 0.5) is 5.69 Å². The Labute approximate surface area is 188 Å². The van der Waals surface area contributed by atoms with Crippen LogP contribution in [-0.4, -0.2) is 11.0 Å². The van der Waals surface area contributed by atoms with Crippen molar-refractivity contribution in [1.82, 2.24) is 0 Å². The Morgan fingerprint density at radius 2 is 1.74 bits per heavy atom. The number of fused-ring (bicyclic) bond motifs is 1. The van der Waals surface area contributed by atoms with Crippen molar-refractivity contribution in [2.75, 3.05) is 5.73 Å². The van der Waals surface area contributed by atoms with Gasteiger partial charge in [-0.2, -0.15) is 0 Å². The molecular formula is C27H25NO2S. The molecule has 4 rings (SSSR count). The van der Waals surface area contributed by atoms with Gasteiger partial charge in [0.05, 0.1) is 5.56 Å². The van der Waals surface area contributed by atoms with Crippen molar-refractivity contribution in [3.05, 3.63) is 106 Å². The second-order valence-electron chi connectivity index (χ2n) is 8.60. The number of thiocarbonyl (C=S) groups is 1. The van der Waals surface area contributed by atoms with E-state index in [1.807, 2.05) is 12.1 Å². The lowest BCUT2D eigenvalue weighted by Crippen LogP contribution is -2.22. The number of anilines is 1. The number of carbonyl (C=O) groups is 1. The average Bonchev–Trinajstić information content (AvgIpc) is 2.74. The van der Waals surface area contributed by atoms with Gasteiger partial charge in [0.15, 0.2) is 0 Å². The van der Waals surface area contributed by atoms with E-state index in [1.165, 1.54) is 22.3 Å². The van der Waals surface area contributed by atoms with Crippen LogP contribution in [0.25, 0.3) is 5.57 Å². The maximum Gasteiger partial charge on any atom is 0.346 e. The second-order valence-corrected chi connectivity index (χ2v) is 8.97. The van der Waals surface area contributed by atoms with Crippen LogP contribution in [0.3, 0.4) is 0 Å². The Morgan fingerprint density at radius 3 is 2.45 bits per heavy atom. The molecule has 0 fully saturated rings. The van der Waals surface area contributed by atoms with Gasteiger partial charge in [-0.3, -0.25) is 0 Å². The maximum absolute atomic E-state index is 12.6. The SMILES string of the molecule is Cc1ccc(C2=CCC(C)(C)c3ccc(C(=S)OC(=O)c4ccccc4N)cc32)cc1. The molecule has 3 nitrogen and oxygen atoms in total. The number of ether oxygens (including phenoxy) is 1. The van der Waals surface area contributed by atoms with Gasteiger partial charge in [-0.05, 0) is 77.5 Å². The third kappa shape index (κ3) is 4.17. The van der Waals surface area contributed by atoms with E-state index in [1.54, 1.807) is 24.3 Å². The number of nitrogen functional groups attached to an aromatic ring is 1. The van der Waals surface area contributed by atoms with Crippen LogP contribution >= 0.6 is 12.2 Å². The molecule has 0 saturated carbocycles. The highest BCUT2D eigenvalue weighted by Gasteiger charge is 2.29. The van der Waals surface area contributed by atoms with Crippen LogP contribution in [-0.2, 0) is 10.2 Å². The monoisotopic (exact) mass is 427 g/mol. The summed E-state index contributed by atoms with van der Waals surface area (Å²) < 4.78 is 5.50. The zero-order chi connectivity index (χ0) is 22.2. The molecule has 0 heterocycles. The van der Waals surface area contributed by atoms with Crippen LogP contribution in [0.5, 0.6) is 0 Å². The van der Waals surface area contributed by atoms with Crippen molar-refractivity contribution in [2.24, 2.45) is 0 Å². The zero-order valence-electron chi connectivity index (χ0n) is 17.9. The molecule has 0 saturated heterocycles. The quantitative estimate of drug-likeness (QED) is 0.306. The summed E-state index contributed by atoms with van der Waals surface area (Å²) in [5, 5.41) is 0.141. The first-order chi connectivity index (χ1) is 14.8. The predicted octanol–water partition coefficient (Wildman–Crippen LogP) is 6.22. The summed E-state index contributed by atoms with van der Waals surface area (Å²) in [6.07, 6.45) is 3.24. The van der Waals surface area contributed by atoms with Gasteiger partial charge in [0.2, 0.25) is 5.05 Å². The molecule has 3 aromatic carbocycles. The van der Waals surface area contributed by atoms with Gasteiger partial charge in [-0.15, -0.1) is 0 Å². The Balaban J connectivity index is 1.69. The van der Waals surface area contributed by atoms with Gasteiger partial charge in [-0.25, -0.2) is 4.79 Å². The molecular weight excluding hydrogens is 402 g/mol. The van der Waals surface area contributed by atoms with Gasteiger partial charge < -0.3 is 10.5 Å². The number of rotatable bonds is 3. The molecule has 0 radical (unpaired) electrons. The predicted molar refractivity (Wildman–Crippen MR) is 130 cm³/mol. The first-order valence-electron chi connectivity index (χ1n) is 10.3. The topological polar surface area (TPSA) is 52.3 Å². The van der Waals surface area contributed by atoms with Crippen molar-refractivity contribution in [2.45, 2.75) is 32.6 Å². The Bertz CT molecular complexity index is 1210. The lowest BCUT2D eigenvalue weighted by Gasteiger charge is -2.32. The minimum absolute atomic E-state index is 0.0127. The van der Waals surface area contributed by atoms with Gasteiger partial charge in [-0.1, -0.05) is 68.0 Å². The minimum Gasteiger partial charge on any atom is -0.410 e. The van der Waals surface area contributed by atoms with Crippen molar-refractivity contribution in [1.29, 1.82) is 0 Å². The van der Waals surface area contributed by atoms with Crippen LogP contribution < -0.4 is 5.73 Å². The molecule has 156 valence electrons. The summed E-state index contributed by atoms with van der Waals surface area (Å²) in [4.78, 5) is 12.6. The molecule has 0 aromatic heterocycles. The molecule has 2 N–H and O–H groups in total. The molecule has 0 atom stereocenters. The maximum atomic E-state index is 12.6. The Kier molecular flexibility index (Phi) is 5.50. The standard InChI is InChI=1S/C27H25NO2S/c1-17-8-10-18(11-9-17)20-14-15-27(2,3)23-13-12-19(16-22(20)23)26(31)30-25(29)21-6-4-5-7-24(21)28/h4-14,16H,15,28H2,1-3H3. The summed E-state index contributed by atoms with van der Waals surface area (Å²) in [5.41, 5.74) is 13.2. The molecule has 31 heavy (non-hydrogen) atoms. The molecule has 0 aliphatic heterocycles. The van der Waals surface area contributed by atoms with Gasteiger partial charge in [0.25, 0.3) is 0 Å². The minimum atomic E-state index is -0.546. The lowest BCUT2D eigenvalue weighted by molar-refractivity contribution is 0.0724. The summed E-state index contributed by atoms with van der Waals surface area (Å²) >= 11 is 5.47. The van der Waals surface area contributed by atoms with Gasteiger partial charge >= 0.3 is 5.97 Å². The third-order valence-electron chi connectivity index (χ3n) is 5.82. The van der Waals surface area contributed by atoms with E-state index in [0.29, 0.717) is 16.8 Å². The fourth-order valence-corrected chi connectivity index (χ4v) is 4.15. The average molecular weight is 428 g/mol. The van der Waals surface area contributed by atoms with E-state index in [9.17, 15) is 4.79 Å². The number of nitrogens with two attached hydrogens (primary N) is 1. The molecule has 1 aliphatic carbocycles. The Hall–Kier alpha value is -3.24. The largest absolute Gasteiger partial charge is 0.410 e. The van der Waals surface area contributed by atoms with E-state index in [4.69, 9.17) is 22.7 Å². The number of hydrogen-bond acceptors (Lipinski definition) is 4. The number of allylic oxidation sites excluding steroid dienone is 1.